The van der Waals surface area contributed by atoms with Crippen molar-refractivity contribution in [1.82, 2.24) is 4.98 Å². The lowest BCUT2D eigenvalue weighted by Gasteiger charge is -2.05. The molecule has 1 aliphatic rings. The number of nitrogens with zero attached hydrogens (tertiary/aromatic N) is 1. The summed E-state index contributed by atoms with van der Waals surface area (Å²) in [6.07, 6.45) is 2.24. The van der Waals surface area contributed by atoms with Crippen LogP contribution in [0, 0.1) is 0 Å². The number of hydrogen-bond acceptors (Lipinski definition) is 2. The second-order valence-corrected chi connectivity index (χ2v) is 4.39. The number of aromatic hydroxyl groups is 1. The van der Waals surface area contributed by atoms with Gasteiger partial charge in [0, 0.05) is 11.3 Å². The smallest absolute Gasteiger partial charge is 0.138 e. The zero-order valence-electron chi connectivity index (χ0n) is 8.07. The fourth-order valence-electron chi connectivity index (χ4n) is 1.82. The van der Waals surface area contributed by atoms with Crippen LogP contribution in [0.1, 0.15) is 24.5 Å². The number of rotatable bonds is 1. The van der Waals surface area contributed by atoms with Crippen LogP contribution in [0.3, 0.4) is 0 Å². The average molecular weight is 220 g/mol. The average Bonchev–Trinajstić information content (AvgIpc) is 3.01. The summed E-state index contributed by atoms with van der Waals surface area (Å²) in [7, 11) is 0. The van der Waals surface area contributed by atoms with Crippen LogP contribution in [-0.2, 0) is 0 Å². The second-order valence-electron chi connectivity index (χ2n) is 3.98. The first kappa shape index (κ1) is 8.98. The van der Waals surface area contributed by atoms with Gasteiger partial charge in [-0.1, -0.05) is 23.7 Å². The van der Waals surface area contributed by atoms with Gasteiger partial charge in [-0.3, -0.25) is 0 Å². The maximum atomic E-state index is 9.80. The molecule has 2 aromatic rings. The van der Waals surface area contributed by atoms with E-state index in [-0.39, 0.29) is 0 Å². The Labute approximate surface area is 92.5 Å². The first-order valence-corrected chi connectivity index (χ1v) is 5.41. The second kappa shape index (κ2) is 3.11. The van der Waals surface area contributed by atoms with Crippen LogP contribution < -0.4 is 0 Å². The number of pyridine rings is 1. The molecule has 0 saturated heterocycles. The van der Waals surface area contributed by atoms with Gasteiger partial charge >= 0.3 is 0 Å². The van der Waals surface area contributed by atoms with Crippen LogP contribution in [0.15, 0.2) is 24.3 Å². The summed E-state index contributed by atoms with van der Waals surface area (Å²) < 4.78 is 0. The Bertz CT molecular complexity index is 534. The fourth-order valence-corrected chi connectivity index (χ4v) is 2.05. The van der Waals surface area contributed by atoms with E-state index < -0.39 is 0 Å². The van der Waals surface area contributed by atoms with E-state index in [0.717, 1.165) is 29.4 Å². The van der Waals surface area contributed by atoms with E-state index in [9.17, 15) is 5.11 Å². The lowest BCUT2D eigenvalue weighted by Crippen LogP contribution is -1.89. The normalized spacial score (nSPS) is 15.8. The van der Waals surface area contributed by atoms with Gasteiger partial charge in [-0.15, -0.1) is 0 Å². The summed E-state index contributed by atoms with van der Waals surface area (Å²) in [6, 6.07) is 7.35. The molecule has 0 amide bonds. The molecule has 0 spiro atoms. The summed E-state index contributed by atoms with van der Waals surface area (Å²) in [5.74, 6) is 0.734. The predicted molar refractivity (Wildman–Crippen MR) is 60.4 cm³/mol. The molecule has 15 heavy (non-hydrogen) atoms. The lowest BCUT2D eigenvalue weighted by molar-refractivity contribution is 0.465. The molecule has 3 rings (SSSR count). The SMILES string of the molecule is Oc1cc2cccc(Cl)c2nc1C1CC1. The molecule has 0 unspecified atom stereocenters. The molecule has 76 valence electrons. The minimum absolute atomic E-state index is 0.298. The molecule has 1 heterocycles. The molecule has 1 N–H and O–H groups in total. The van der Waals surface area contributed by atoms with Crippen LogP contribution in [0.25, 0.3) is 10.9 Å². The number of para-hydroxylation sites is 1. The van der Waals surface area contributed by atoms with Crippen molar-refractivity contribution in [1.29, 1.82) is 0 Å². The molecular weight excluding hydrogens is 210 g/mol. The lowest BCUT2D eigenvalue weighted by atomic mass is 10.1. The number of fused-ring (bicyclic) bond motifs is 1. The quantitative estimate of drug-likeness (QED) is 0.797. The molecule has 0 radical (unpaired) electrons. The van der Waals surface area contributed by atoms with E-state index in [2.05, 4.69) is 4.98 Å². The first-order chi connectivity index (χ1) is 7.25. The minimum atomic E-state index is 0.298. The molecule has 3 heteroatoms. The zero-order valence-corrected chi connectivity index (χ0v) is 8.83. The van der Waals surface area contributed by atoms with Gasteiger partial charge in [-0.05, 0) is 25.0 Å². The number of hydrogen-bond donors (Lipinski definition) is 1. The highest BCUT2D eigenvalue weighted by molar-refractivity contribution is 6.35. The maximum Gasteiger partial charge on any atom is 0.138 e. The highest BCUT2D eigenvalue weighted by atomic mass is 35.5. The molecule has 1 fully saturated rings. The summed E-state index contributed by atoms with van der Waals surface area (Å²) in [4.78, 5) is 4.45. The molecule has 2 nitrogen and oxygen atoms in total. The first-order valence-electron chi connectivity index (χ1n) is 5.04. The maximum absolute atomic E-state index is 9.80. The molecule has 1 aromatic heterocycles. The van der Waals surface area contributed by atoms with Crippen LogP contribution >= 0.6 is 11.6 Å². The van der Waals surface area contributed by atoms with Gasteiger partial charge in [0.25, 0.3) is 0 Å². The van der Waals surface area contributed by atoms with Crippen LogP contribution in [0.4, 0.5) is 0 Å². The van der Waals surface area contributed by atoms with Gasteiger partial charge in [0.1, 0.15) is 5.75 Å². The molecule has 1 aromatic carbocycles. The highest BCUT2D eigenvalue weighted by Gasteiger charge is 2.28. The van der Waals surface area contributed by atoms with E-state index in [0.29, 0.717) is 16.7 Å². The standard InChI is InChI=1S/C12H10ClNO/c13-9-3-1-2-8-6-10(15)12(7-4-5-7)14-11(8)9/h1-3,6-7,15H,4-5H2. The minimum Gasteiger partial charge on any atom is -0.506 e. The Hall–Kier alpha value is -1.28. The van der Waals surface area contributed by atoms with Gasteiger partial charge in [0.15, 0.2) is 0 Å². The third-order valence-corrected chi connectivity index (χ3v) is 3.07. The highest BCUT2D eigenvalue weighted by Crippen LogP contribution is 2.44. The van der Waals surface area contributed by atoms with E-state index in [1.807, 2.05) is 18.2 Å². The Morgan fingerprint density at radius 1 is 1.33 bits per heavy atom. The summed E-state index contributed by atoms with van der Waals surface area (Å²) in [5, 5.41) is 11.3. The van der Waals surface area contributed by atoms with Crippen molar-refractivity contribution in [3.63, 3.8) is 0 Å². The van der Waals surface area contributed by atoms with Gasteiger partial charge in [0.2, 0.25) is 0 Å². The third kappa shape index (κ3) is 1.45. The fraction of sp³-hybridized carbons (Fsp3) is 0.250. The van der Waals surface area contributed by atoms with Crippen molar-refractivity contribution in [3.05, 3.63) is 35.0 Å². The Balaban J connectivity index is 2.30. The van der Waals surface area contributed by atoms with Gasteiger partial charge in [0.05, 0.1) is 16.2 Å². The van der Waals surface area contributed by atoms with Crippen LogP contribution in [-0.4, -0.2) is 10.1 Å². The van der Waals surface area contributed by atoms with Crippen molar-refractivity contribution >= 4 is 22.5 Å². The summed E-state index contributed by atoms with van der Waals surface area (Å²) >= 11 is 6.06. The Morgan fingerprint density at radius 2 is 2.13 bits per heavy atom. The van der Waals surface area contributed by atoms with Crippen molar-refractivity contribution in [2.45, 2.75) is 18.8 Å². The predicted octanol–water partition coefficient (Wildman–Crippen LogP) is 3.47. The van der Waals surface area contributed by atoms with Crippen LogP contribution in [0.2, 0.25) is 5.02 Å². The van der Waals surface area contributed by atoms with E-state index in [1.165, 1.54) is 0 Å². The Kier molecular flexibility index (Phi) is 1.86. The molecular formula is C12H10ClNO. The number of benzene rings is 1. The summed E-state index contributed by atoms with van der Waals surface area (Å²) in [6.45, 7) is 0. The molecule has 1 saturated carbocycles. The van der Waals surface area contributed by atoms with E-state index >= 15 is 0 Å². The Morgan fingerprint density at radius 3 is 2.87 bits per heavy atom. The van der Waals surface area contributed by atoms with E-state index in [4.69, 9.17) is 11.6 Å². The van der Waals surface area contributed by atoms with Crippen LogP contribution in [0.5, 0.6) is 5.75 Å². The number of aromatic nitrogens is 1. The topological polar surface area (TPSA) is 33.1 Å². The monoisotopic (exact) mass is 219 g/mol. The molecule has 0 bridgehead atoms. The van der Waals surface area contributed by atoms with Crippen molar-refractivity contribution in [3.8, 4) is 5.75 Å². The molecule has 1 aliphatic carbocycles. The number of halogens is 1. The van der Waals surface area contributed by atoms with Crippen molar-refractivity contribution in [2.24, 2.45) is 0 Å². The zero-order chi connectivity index (χ0) is 10.4. The van der Waals surface area contributed by atoms with Gasteiger partial charge < -0.3 is 5.11 Å². The van der Waals surface area contributed by atoms with Crippen molar-refractivity contribution in [2.75, 3.05) is 0 Å². The largest absolute Gasteiger partial charge is 0.506 e. The molecule has 0 aliphatic heterocycles. The van der Waals surface area contributed by atoms with Gasteiger partial charge in [-0.2, -0.15) is 0 Å². The van der Waals surface area contributed by atoms with Gasteiger partial charge in [-0.25, -0.2) is 4.98 Å². The molecule has 0 atom stereocenters. The van der Waals surface area contributed by atoms with E-state index in [1.54, 1.807) is 6.07 Å². The van der Waals surface area contributed by atoms with Crippen molar-refractivity contribution < 1.29 is 5.11 Å². The third-order valence-electron chi connectivity index (χ3n) is 2.77. The summed E-state index contributed by atoms with van der Waals surface area (Å²) in [5.41, 5.74) is 1.59.